The van der Waals surface area contributed by atoms with Crippen molar-refractivity contribution >= 4 is 0 Å². The number of aromatic nitrogens is 2. The van der Waals surface area contributed by atoms with Crippen LogP contribution in [0.2, 0.25) is 0 Å². The third-order valence-corrected chi connectivity index (χ3v) is 3.73. The van der Waals surface area contributed by atoms with E-state index in [1.54, 1.807) is 7.11 Å². The molecule has 1 aromatic rings. The Morgan fingerprint density at radius 1 is 1.21 bits per heavy atom. The van der Waals surface area contributed by atoms with Gasteiger partial charge in [0, 0.05) is 12.7 Å². The molecule has 0 fully saturated rings. The number of fused-ring (bicyclic) bond motifs is 1. The summed E-state index contributed by atoms with van der Waals surface area (Å²) in [7, 11) is 1.67. The molecule has 1 aliphatic carbocycles. The predicted octanol–water partition coefficient (Wildman–Crippen LogP) is 2.77. The van der Waals surface area contributed by atoms with Crippen LogP contribution in [0, 0.1) is 5.41 Å². The summed E-state index contributed by atoms with van der Waals surface area (Å²) in [6, 6.07) is 0. The van der Waals surface area contributed by atoms with Gasteiger partial charge in [-0.2, -0.15) is 0 Å². The summed E-state index contributed by atoms with van der Waals surface area (Å²) in [5, 5.41) is 0. The summed E-state index contributed by atoms with van der Waals surface area (Å²) < 4.78 is 5.55. The average molecular weight is 264 g/mol. The van der Waals surface area contributed by atoms with E-state index in [4.69, 9.17) is 9.72 Å². The first-order valence-corrected chi connectivity index (χ1v) is 7.08. The average Bonchev–Trinajstić information content (AvgIpc) is 2.53. The highest BCUT2D eigenvalue weighted by Crippen LogP contribution is 2.33. The van der Waals surface area contributed by atoms with E-state index >= 15 is 0 Å². The van der Waals surface area contributed by atoms with Gasteiger partial charge in [-0.3, -0.25) is 4.79 Å². The van der Waals surface area contributed by atoms with Crippen LogP contribution < -0.4 is 5.56 Å². The zero-order valence-corrected chi connectivity index (χ0v) is 12.4. The molecule has 1 aliphatic rings. The van der Waals surface area contributed by atoms with E-state index in [2.05, 4.69) is 25.8 Å². The van der Waals surface area contributed by atoms with Gasteiger partial charge in [0.1, 0.15) is 11.9 Å². The number of nitrogens with zero attached hydrogens (tertiary/aromatic N) is 1. The van der Waals surface area contributed by atoms with Crippen LogP contribution in [0.1, 0.15) is 63.2 Å². The van der Waals surface area contributed by atoms with E-state index in [0.717, 1.165) is 36.9 Å². The van der Waals surface area contributed by atoms with Gasteiger partial charge in [-0.1, -0.05) is 27.2 Å². The lowest BCUT2D eigenvalue weighted by Gasteiger charge is -2.28. The molecule has 1 atom stereocenters. The number of nitrogens with one attached hydrogen (secondary N) is 1. The van der Waals surface area contributed by atoms with E-state index < -0.39 is 0 Å². The smallest absolute Gasteiger partial charge is 0.254 e. The summed E-state index contributed by atoms with van der Waals surface area (Å²) in [5.74, 6) is 0.667. The van der Waals surface area contributed by atoms with E-state index in [9.17, 15) is 4.79 Å². The molecular formula is C15H24N2O2. The maximum absolute atomic E-state index is 12.2. The molecule has 0 saturated heterocycles. The minimum atomic E-state index is -0.186. The zero-order chi connectivity index (χ0) is 14.0. The molecule has 4 heteroatoms. The van der Waals surface area contributed by atoms with Crippen LogP contribution in [-0.4, -0.2) is 17.1 Å². The van der Waals surface area contributed by atoms with Crippen LogP contribution in [0.3, 0.4) is 0 Å². The Morgan fingerprint density at radius 2 is 1.89 bits per heavy atom. The lowest BCUT2D eigenvalue weighted by molar-refractivity contribution is 0.00829. The van der Waals surface area contributed by atoms with Crippen LogP contribution in [0.4, 0.5) is 0 Å². The Labute approximate surface area is 114 Å². The van der Waals surface area contributed by atoms with Gasteiger partial charge in [0.15, 0.2) is 0 Å². The molecule has 0 amide bonds. The maximum atomic E-state index is 12.2. The largest absolute Gasteiger partial charge is 0.373 e. The molecule has 0 radical (unpaired) electrons. The van der Waals surface area contributed by atoms with Gasteiger partial charge < -0.3 is 9.72 Å². The Hall–Kier alpha value is -1.16. The van der Waals surface area contributed by atoms with Crippen LogP contribution in [0.5, 0.6) is 0 Å². The van der Waals surface area contributed by atoms with Crippen molar-refractivity contribution in [2.24, 2.45) is 5.41 Å². The number of ether oxygens (including phenoxy) is 1. The van der Waals surface area contributed by atoms with Crippen molar-refractivity contribution in [3.05, 3.63) is 27.4 Å². The lowest BCUT2D eigenvalue weighted by Crippen LogP contribution is -2.27. The van der Waals surface area contributed by atoms with E-state index in [1.165, 1.54) is 6.42 Å². The topological polar surface area (TPSA) is 55.0 Å². The van der Waals surface area contributed by atoms with Gasteiger partial charge in [-0.15, -0.1) is 0 Å². The van der Waals surface area contributed by atoms with Crippen molar-refractivity contribution in [2.75, 3.05) is 7.11 Å². The van der Waals surface area contributed by atoms with Gasteiger partial charge >= 0.3 is 0 Å². The fraction of sp³-hybridized carbons (Fsp3) is 0.733. The van der Waals surface area contributed by atoms with Crippen LogP contribution in [0.25, 0.3) is 0 Å². The molecule has 0 aliphatic heterocycles. The van der Waals surface area contributed by atoms with E-state index in [1.807, 2.05) is 0 Å². The van der Waals surface area contributed by atoms with Gasteiger partial charge in [-0.05, 0) is 31.1 Å². The summed E-state index contributed by atoms with van der Waals surface area (Å²) in [4.78, 5) is 19.9. The van der Waals surface area contributed by atoms with Gasteiger partial charge in [0.25, 0.3) is 5.56 Å². The summed E-state index contributed by atoms with van der Waals surface area (Å²) in [6.45, 7) is 6.27. The zero-order valence-electron chi connectivity index (χ0n) is 12.4. The fourth-order valence-electron chi connectivity index (χ4n) is 2.80. The van der Waals surface area contributed by atoms with Crippen molar-refractivity contribution in [3.63, 3.8) is 0 Å². The summed E-state index contributed by atoms with van der Waals surface area (Å²) in [6.07, 6.45) is 4.96. The number of H-pyrrole nitrogens is 1. The number of hydrogen-bond acceptors (Lipinski definition) is 3. The van der Waals surface area contributed by atoms with Crippen LogP contribution in [-0.2, 0) is 17.6 Å². The summed E-state index contributed by atoms with van der Waals surface area (Å²) >= 11 is 0. The predicted molar refractivity (Wildman–Crippen MR) is 75.3 cm³/mol. The first kappa shape index (κ1) is 14.3. The second kappa shape index (κ2) is 5.45. The Bertz CT molecular complexity index is 500. The quantitative estimate of drug-likeness (QED) is 0.836. The number of aryl methyl sites for hydroxylation is 1. The second-order valence-corrected chi connectivity index (χ2v) is 6.42. The normalized spacial score (nSPS) is 17.7. The molecule has 0 saturated carbocycles. The third kappa shape index (κ3) is 3.06. The molecular weight excluding hydrogens is 240 g/mol. The van der Waals surface area contributed by atoms with E-state index in [0.29, 0.717) is 5.82 Å². The summed E-state index contributed by atoms with van der Waals surface area (Å²) in [5.41, 5.74) is 1.78. The highest BCUT2D eigenvalue weighted by Gasteiger charge is 2.29. The minimum absolute atomic E-state index is 0.0215. The molecule has 19 heavy (non-hydrogen) atoms. The molecule has 0 aromatic carbocycles. The molecule has 1 unspecified atom stereocenters. The van der Waals surface area contributed by atoms with Crippen molar-refractivity contribution in [1.29, 1.82) is 0 Å². The standard InChI is InChI=1S/C15H24N2O2/c1-15(2,3)12(19-4)13-16-11-9-7-5-6-8-10(11)14(18)17-13/h12H,5-9H2,1-4H3,(H,16,17,18). The van der Waals surface area contributed by atoms with Gasteiger partial charge in [0.05, 0.1) is 5.69 Å². The highest BCUT2D eigenvalue weighted by molar-refractivity contribution is 5.20. The van der Waals surface area contributed by atoms with Crippen LogP contribution >= 0.6 is 0 Å². The Kier molecular flexibility index (Phi) is 4.09. The number of aromatic amines is 1. The minimum Gasteiger partial charge on any atom is -0.373 e. The third-order valence-electron chi connectivity index (χ3n) is 3.73. The molecule has 1 aromatic heterocycles. The van der Waals surface area contributed by atoms with Gasteiger partial charge in [0.2, 0.25) is 0 Å². The van der Waals surface area contributed by atoms with E-state index in [-0.39, 0.29) is 17.1 Å². The molecule has 1 heterocycles. The SMILES string of the molecule is COC(c1nc2c(c(=O)[nH]1)CCCCC2)C(C)(C)C. The van der Waals surface area contributed by atoms with Crippen molar-refractivity contribution in [1.82, 2.24) is 9.97 Å². The maximum Gasteiger partial charge on any atom is 0.254 e. The molecule has 1 N–H and O–H groups in total. The Morgan fingerprint density at radius 3 is 2.53 bits per heavy atom. The monoisotopic (exact) mass is 264 g/mol. The van der Waals surface area contributed by atoms with Gasteiger partial charge in [-0.25, -0.2) is 4.98 Å². The number of rotatable bonds is 2. The van der Waals surface area contributed by atoms with Crippen molar-refractivity contribution < 1.29 is 4.74 Å². The number of hydrogen-bond donors (Lipinski definition) is 1. The highest BCUT2D eigenvalue weighted by atomic mass is 16.5. The molecule has 4 nitrogen and oxygen atoms in total. The molecule has 2 rings (SSSR count). The molecule has 106 valence electrons. The van der Waals surface area contributed by atoms with Crippen LogP contribution in [0.15, 0.2) is 4.79 Å². The number of methoxy groups -OCH3 is 1. The Balaban J connectivity index is 2.46. The first-order chi connectivity index (χ1) is 8.93. The fourth-order valence-corrected chi connectivity index (χ4v) is 2.80. The lowest BCUT2D eigenvalue weighted by atomic mass is 9.88. The van der Waals surface area contributed by atoms with Crippen molar-refractivity contribution in [2.45, 2.75) is 59.0 Å². The molecule has 0 spiro atoms. The molecule has 0 bridgehead atoms. The first-order valence-electron chi connectivity index (χ1n) is 7.08. The second-order valence-electron chi connectivity index (χ2n) is 6.42. The van der Waals surface area contributed by atoms with Crippen molar-refractivity contribution in [3.8, 4) is 0 Å².